The molecular weight excluding hydrogens is 364 g/mol. The van der Waals surface area contributed by atoms with Gasteiger partial charge in [-0.3, -0.25) is 14.5 Å². The number of nitrogens with one attached hydrogen (secondary N) is 1. The average molecular weight is 387 g/mol. The van der Waals surface area contributed by atoms with Crippen molar-refractivity contribution < 1.29 is 9.59 Å². The van der Waals surface area contributed by atoms with Crippen molar-refractivity contribution in [3.05, 3.63) is 58.9 Å². The summed E-state index contributed by atoms with van der Waals surface area (Å²) in [6, 6.07) is 11.1. The molecule has 0 aliphatic carbocycles. The molecule has 27 heavy (non-hydrogen) atoms. The summed E-state index contributed by atoms with van der Waals surface area (Å²) >= 11 is 5.98. The maximum Gasteiger partial charge on any atom is 0.253 e. The van der Waals surface area contributed by atoms with Gasteiger partial charge in [0, 0.05) is 37.9 Å². The number of amides is 2. The summed E-state index contributed by atoms with van der Waals surface area (Å²) in [6.07, 6.45) is 2.41. The molecule has 2 heterocycles. The number of aromatic nitrogens is 1. The van der Waals surface area contributed by atoms with Gasteiger partial charge < -0.3 is 10.2 Å². The number of rotatable bonds is 4. The van der Waals surface area contributed by atoms with E-state index in [1.807, 2.05) is 36.1 Å². The molecule has 2 aromatic rings. The largest absolute Gasteiger partial charge is 0.337 e. The number of aryl methyl sites for hydroxylation is 1. The minimum absolute atomic E-state index is 0.0483. The zero-order valence-corrected chi connectivity index (χ0v) is 16.1. The molecule has 1 saturated heterocycles. The fourth-order valence-electron chi connectivity index (χ4n) is 3.16. The van der Waals surface area contributed by atoms with Crippen LogP contribution in [-0.2, 0) is 4.79 Å². The second-order valence-corrected chi connectivity index (χ2v) is 7.04. The van der Waals surface area contributed by atoms with Gasteiger partial charge in [0.15, 0.2) is 5.15 Å². The van der Waals surface area contributed by atoms with E-state index in [2.05, 4.69) is 15.2 Å². The highest BCUT2D eigenvalue weighted by Crippen LogP contribution is 2.17. The molecule has 6 nitrogen and oxygen atoms in total. The molecule has 1 aliphatic rings. The van der Waals surface area contributed by atoms with Gasteiger partial charge >= 0.3 is 0 Å². The van der Waals surface area contributed by atoms with Crippen molar-refractivity contribution in [2.45, 2.75) is 13.3 Å². The average Bonchev–Trinajstić information content (AvgIpc) is 2.88. The molecule has 1 aromatic heterocycles. The third-order valence-corrected chi connectivity index (χ3v) is 4.84. The van der Waals surface area contributed by atoms with Crippen molar-refractivity contribution in [3.8, 4) is 0 Å². The minimum Gasteiger partial charge on any atom is -0.337 e. The lowest BCUT2D eigenvalue weighted by Crippen LogP contribution is -2.38. The Bertz CT molecular complexity index is 827. The first-order valence-corrected chi connectivity index (χ1v) is 9.39. The van der Waals surface area contributed by atoms with Gasteiger partial charge in [-0.15, -0.1) is 0 Å². The van der Waals surface area contributed by atoms with Crippen LogP contribution in [0.5, 0.6) is 0 Å². The topological polar surface area (TPSA) is 65.5 Å². The van der Waals surface area contributed by atoms with E-state index in [1.165, 1.54) is 0 Å². The minimum atomic E-state index is -0.136. The Kier molecular flexibility index (Phi) is 6.42. The van der Waals surface area contributed by atoms with Gasteiger partial charge in [-0.2, -0.15) is 0 Å². The summed E-state index contributed by atoms with van der Waals surface area (Å²) in [4.78, 5) is 32.9. The van der Waals surface area contributed by atoms with E-state index in [9.17, 15) is 9.59 Å². The maximum atomic E-state index is 12.7. The van der Waals surface area contributed by atoms with E-state index in [4.69, 9.17) is 11.6 Å². The van der Waals surface area contributed by atoms with Crippen LogP contribution in [0.4, 0.5) is 5.69 Å². The Hall–Kier alpha value is -2.44. The monoisotopic (exact) mass is 386 g/mol. The van der Waals surface area contributed by atoms with Crippen molar-refractivity contribution in [1.29, 1.82) is 0 Å². The molecule has 2 amide bonds. The highest BCUT2D eigenvalue weighted by Gasteiger charge is 2.21. The zero-order chi connectivity index (χ0) is 19.2. The summed E-state index contributed by atoms with van der Waals surface area (Å²) in [5, 5.41) is 3.06. The molecule has 0 bridgehead atoms. The summed E-state index contributed by atoms with van der Waals surface area (Å²) in [5.41, 5.74) is 2.30. The Labute approximate surface area is 164 Å². The summed E-state index contributed by atoms with van der Waals surface area (Å²) in [6.45, 7) is 4.97. The molecule has 0 spiro atoms. The molecule has 1 aliphatic heterocycles. The van der Waals surface area contributed by atoms with Gasteiger partial charge in [0.2, 0.25) is 5.91 Å². The molecule has 3 rings (SSSR count). The van der Waals surface area contributed by atoms with Crippen molar-refractivity contribution in [3.63, 3.8) is 0 Å². The first kappa shape index (κ1) is 19.3. The van der Waals surface area contributed by atoms with Crippen LogP contribution < -0.4 is 5.32 Å². The van der Waals surface area contributed by atoms with Gasteiger partial charge in [-0.25, -0.2) is 4.98 Å². The number of hydrogen-bond donors (Lipinski definition) is 1. The smallest absolute Gasteiger partial charge is 0.253 e. The number of benzene rings is 1. The van der Waals surface area contributed by atoms with Gasteiger partial charge in [0.05, 0.1) is 12.2 Å². The number of halogens is 1. The van der Waals surface area contributed by atoms with Crippen LogP contribution in [0.1, 0.15) is 22.3 Å². The fourth-order valence-corrected chi connectivity index (χ4v) is 3.33. The van der Waals surface area contributed by atoms with Crippen molar-refractivity contribution >= 4 is 29.1 Å². The third-order valence-electron chi connectivity index (χ3n) is 4.54. The molecule has 1 N–H and O–H groups in total. The standard InChI is InChI=1S/C20H23ClN4O2/c1-15-5-2-6-16(13-15)20(27)25-10-4-9-24(11-12-25)14-18(26)23-17-7-3-8-22-19(17)21/h2-3,5-8,13H,4,9-12,14H2,1H3,(H,23,26). The highest BCUT2D eigenvalue weighted by molar-refractivity contribution is 6.32. The van der Waals surface area contributed by atoms with Crippen molar-refractivity contribution in [2.75, 3.05) is 38.0 Å². The lowest BCUT2D eigenvalue weighted by Gasteiger charge is -2.22. The van der Waals surface area contributed by atoms with E-state index in [-0.39, 0.29) is 23.5 Å². The first-order valence-electron chi connectivity index (χ1n) is 9.01. The van der Waals surface area contributed by atoms with Gasteiger partial charge in [0.25, 0.3) is 5.91 Å². The van der Waals surface area contributed by atoms with Crippen LogP contribution >= 0.6 is 11.6 Å². The van der Waals surface area contributed by atoms with Crippen molar-refractivity contribution in [1.82, 2.24) is 14.8 Å². The lowest BCUT2D eigenvalue weighted by atomic mass is 10.1. The molecule has 0 atom stereocenters. The van der Waals surface area contributed by atoms with Crippen LogP contribution in [0, 0.1) is 6.92 Å². The first-order chi connectivity index (χ1) is 13.0. The van der Waals surface area contributed by atoms with Crippen molar-refractivity contribution in [2.24, 2.45) is 0 Å². The second-order valence-electron chi connectivity index (χ2n) is 6.68. The molecule has 142 valence electrons. The fraction of sp³-hybridized carbons (Fsp3) is 0.350. The molecule has 1 fully saturated rings. The molecule has 7 heteroatoms. The zero-order valence-electron chi connectivity index (χ0n) is 15.3. The van der Waals surface area contributed by atoms with Crippen LogP contribution in [0.25, 0.3) is 0 Å². The van der Waals surface area contributed by atoms with E-state index >= 15 is 0 Å². The number of nitrogens with zero attached hydrogens (tertiary/aromatic N) is 3. The SMILES string of the molecule is Cc1cccc(C(=O)N2CCCN(CC(=O)Nc3cccnc3Cl)CC2)c1. The third kappa shape index (κ3) is 5.28. The molecule has 0 saturated carbocycles. The Balaban J connectivity index is 1.54. The number of hydrogen-bond acceptors (Lipinski definition) is 4. The summed E-state index contributed by atoms with van der Waals surface area (Å²) in [7, 11) is 0. The Morgan fingerprint density at radius 2 is 2.00 bits per heavy atom. The number of carbonyl (C=O) groups excluding carboxylic acids is 2. The number of anilines is 1. The van der Waals surface area contributed by atoms with E-state index in [0.29, 0.717) is 30.9 Å². The quantitative estimate of drug-likeness (QED) is 0.820. The summed E-state index contributed by atoms with van der Waals surface area (Å²) < 4.78 is 0. The lowest BCUT2D eigenvalue weighted by molar-refractivity contribution is -0.117. The molecule has 1 aromatic carbocycles. The van der Waals surface area contributed by atoms with Crippen LogP contribution in [0.15, 0.2) is 42.6 Å². The predicted molar refractivity (Wildman–Crippen MR) is 106 cm³/mol. The number of pyridine rings is 1. The van der Waals surface area contributed by atoms with E-state index < -0.39 is 0 Å². The maximum absolute atomic E-state index is 12.7. The van der Waals surface area contributed by atoms with Crippen LogP contribution in [0.3, 0.4) is 0 Å². The molecule has 0 unspecified atom stereocenters. The van der Waals surface area contributed by atoms with Gasteiger partial charge in [-0.05, 0) is 37.6 Å². The molecular formula is C20H23ClN4O2. The predicted octanol–water partition coefficient (Wildman–Crippen LogP) is 2.83. The number of carbonyl (C=O) groups is 2. The highest BCUT2D eigenvalue weighted by atomic mass is 35.5. The van der Waals surface area contributed by atoms with Gasteiger partial charge in [-0.1, -0.05) is 29.3 Å². The second kappa shape index (κ2) is 8.97. The van der Waals surface area contributed by atoms with Gasteiger partial charge in [0.1, 0.15) is 0 Å². The van der Waals surface area contributed by atoms with E-state index in [1.54, 1.807) is 18.3 Å². The van der Waals surface area contributed by atoms with Crippen LogP contribution in [-0.4, -0.2) is 59.3 Å². The van der Waals surface area contributed by atoms with E-state index in [0.717, 1.165) is 18.5 Å². The molecule has 0 radical (unpaired) electrons. The Morgan fingerprint density at radius 1 is 1.15 bits per heavy atom. The van der Waals surface area contributed by atoms with Crippen LogP contribution in [0.2, 0.25) is 5.15 Å². The summed E-state index contributed by atoms with van der Waals surface area (Å²) in [5.74, 6) is -0.0875. The normalized spacial score (nSPS) is 15.3. The Morgan fingerprint density at radius 3 is 2.78 bits per heavy atom.